The van der Waals surface area contributed by atoms with Gasteiger partial charge in [-0.15, -0.1) is 13.2 Å². The summed E-state index contributed by atoms with van der Waals surface area (Å²) in [4.78, 5) is 17.3. The lowest BCUT2D eigenvalue weighted by Crippen LogP contribution is -2.42. The average Bonchev–Trinajstić information content (AvgIpc) is 3.12. The summed E-state index contributed by atoms with van der Waals surface area (Å²) in [5.74, 6) is -1.41. The third-order valence-corrected chi connectivity index (χ3v) is 4.74. The van der Waals surface area contributed by atoms with Crippen LogP contribution in [-0.4, -0.2) is 24.1 Å². The van der Waals surface area contributed by atoms with Gasteiger partial charge in [0.25, 0.3) is 0 Å². The Hall–Kier alpha value is -3.21. The summed E-state index contributed by atoms with van der Waals surface area (Å²) in [6.07, 6.45) is -9.39. The number of carbonyl (C=O) groups is 1. The highest BCUT2D eigenvalue weighted by Gasteiger charge is 2.59. The lowest BCUT2D eigenvalue weighted by molar-refractivity contribution is -0.275. The molecule has 0 fully saturated rings. The van der Waals surface area contributed by atoms with Crippen molar-refractivity contribution in [2.45, 2.75) is 51.4 Å². The van der Waals surface area contributed by atoms with Crippen LogP contribution in [0.25, 0.3) is 5.70 Å². The molecule has 1 atom stereocenters. The molecule has 2 aromatic rings. The van der Waals surface area contributed by atoms with Gasteiger partial charge in [0.05, 0.1) is 11.3 Å². The highest BCUT2D eigenvalue weighted by Crippen LogP contribution is 2.48. The molecule has 0 saturated heterocycles. The molecule has 1 aliphatic heterocycles. The van der Waals surface area contributed by atoms with E-state index in [9.17, 15) is 31.1 Å². The summed E-state index contributed by atoms with van der Waals surface area (Å²) in [5.41, 5.74) is -1.36. The van der Waals surface area contributed by atoms with E-state index in [0.29, 0.717) is 11.6 Å². The molecule has 34 heavy (non-hydrogen) atoms. The maximum Gasteiger partial charge on any atom is 0.573 e. The smallest absolute Gasteiger partial charge is 0.456 e. The fourth-order valence-electron chi connectivity index (χ4n) is 3.30. The van der Waals surface area contributed by atoms with Gasteiger partial charge in [-0.25, -0.2) is 4.79 Å². The Morgan fingerprint density at radius 2 is 1.68 bits per heavy atom. The SMILES string of the molecule is Cc1cc(C2=CC(c3cccc(OC(F)(F)F)c3)(C(F)(F)F)ON2)ccc1C(=O)OC(C)(C)C. The van der Waals surface area contributed by atoms with Crippen molar-refractivity contribution in [1.82, 2.24) is 5.48 Å². The second-order valence-corrected chi connectivity index (χ2v) is 8.60. The molecule has 11 heteroatoms. The van der Waals surface area contributed by atoms with Crippen LogP contribution in [0.3, 0.4) is 0 Å². The van der Waals surface area contributed by atoms with Gasteiger partial charge in [-0.3, -0.25) is 10.3 Å². The van der Waals surface area contributed by atoms with Gasteiger partial charge in [0.2, 0.25) is 5.60 Å². The number of halogens is 6. The van der Waals surface area contributed by atoms with Crippen LogP contribution >= 0.6 is 0 Å². The number of benzene rings is 2. The minimum absolute atomic E-state index is 0.0849. The molecule has 2 aromatic carbocycles. The summed E-state index contributed by atoms with van der Waals surface area (Å²) >= 11 is 0. The van der Waals surface area contributed by atoms with E-state index in [2.05, 4.69) is 10.2 Å². The topological polar surface area (TPSA) is 56.8 Å². The van der Waals surface area contributed by atoms with Crippen molar-refractivity contribution in [2.75, 3.05) is 0 Å². The molecule has 0 aromatic heterocycles. The Morgan fingerprint density at radius 3 is 2.24 bits per heavy atom. The zero-order chi connectivity index (χ0) is 25.5. The molecule has 5 nitrogen and oxygen atoms in total. The van der Waals surface area contributed by atoms with Gasteiger partial charge in [0, 0.05) is 5.56 Å². The number of hydrogen-bond donors (Lipinski definition) is 1. The number of esters is 1. The third kappa shape index (κ3) is 5.46. The van der Waals surface area contributed by atoms with Crippen molar-refractivity contribution in [3.63, 3.8) is 0 Å². The first-order chi connectivity index (χ1) is 15.5. The van der Waals surface area contributed by atoms with Crippen LogP contribution in [-0.2, 0) is 15.2 Å². The number of rotatable bonds is 4. The Morgan fingerprint density at radius 1 is 1.00 bits per heavy atom. The van der Waals surface area contributed by atoms with E-state index in [-0.39, 0.29) is 16.8 Å². The van der Waals surface area contributed by atoms with Gasteiger partial charge in [0.15, 0.2) is 0 Å². The lowest BCUT2D eigenvalue weighted by atomic mass is 9.91. The first kappa shape index (κ1) is 25.4. The summed E-state index contributed by atoms with van der Waals surface area (Å²) in [5, 5.41) is 0. The zero-order valence-corrected chi connectivity index (χ0v) is 18.5. The van der Waals surface area contributed by atoms with Crippen LogP contribution in [0.5, 0.6) is 5.75 Å². The molecular formula is C23H21F6NO4. The van der Waals surface area contributed by atoms with Crippen LogP contribution in [0.2, 0.25) is 0 Å². The highest BCUT2D eigenvalue weighted by molar-refractivity contribution is 5.92. The minimum atomic E-state index is -5.08. The van der Waals surface area contributed by atoms with Crippen molar-refractivity contribution in [3.8, 4) is 5.75 Å². The minimum Gasteiger partial charge on any atom is -0.456 e. The van der Waals surface area contributed by atoms with Gasteiger partial charge in [0.1, 0.15) is 11.4 Å². The predicted molar refractivity (Wildman–Crippen MR) is 109 cm³/mol. The molecule has 3 rings (SSSR count). The molecular weight excluding hydrogens is 468 g/mol. The maximum absolute atomic E-state index is 14.1. The first-order valence-corrected chi connectivity index (χ1v) is 9.95. The van der Waals surface area contributed by atoms with E-state index in [0.717, 1.165) is 24.3 Å². The van der Waals surface area contributed by atoms with Gasteiger partial charge in [-0.05, 0) is 69.2 Å². The molecule has 0 radical (unpaired) electrons. The normalized spacial score (nSPS) is 18.8. The van der Waals surface area contributed by atoms with Crippen LogP contribution in [0.15, 0.2) is 48.5 Å². The average molecular weight is 489 g/mol. The van der Waals surface area contributed by atoms with E-state index >= 15 is 0 Å². The van der Waals surface area contributed by atoms with E-state index in [1.165, 1.54) is 18.2 Å². The lowest BCUT2D eigenvalue weighted by Gasteiger charge is -2.28. The standard InChI is InChI=1S/C23H21F6NO4/c1-13-10-14(8-9-17(13)19(31)33-20(2,3)4)18-12-21(34-30-18,22(24,25)26)15-6-5-7-16(11-15)32-23(27,28)29/h5-12,30H,1-4H3. The number of nitrogens with one attached hydrogen (secondary N) is 1. The van der Waals surface area contributed by atoms with Gasteiger partial charge in [-0.2, -0.15) is 13.2 Å². The fourth-order valence-corrected chi connectivity index (χ4v) is 3.30. The molecule has 184 valence electrons. The highest BCUT2D eigenvalue weighted by atomic mass is 19.4. The molecule has 1 unspecified atom stereocenters. The number of alkyl halides is 6. The van der Waals surface area contributed by atoms with Crippen molar-refractivity contribution in [2.24, 2.45) is 0 Å². The number of hydrogen-bond acceptors (Lipinski definition) is 5. The van der Waals surface area contributed by atoms with E-state index in [1.54, 1.807) is 27.7 Å². The second-order valence-electron chi connectivity index (χ2n) is 8.60. The quantitative estimate of drug-likeness (QED) is 0.411. The number of aryl methyl sites for hydroxylation is 1. The maximum atomic E-state index is 14.1. The Labute approximate surface area is 191 Å². The third-order valence-electron chi connectivity index (χ3n) is 4.74. The molecule has 0 spiro atoms. The van der Waals surface area contributed by atoms with Crippen LogP contribution in [0.4, 0.5) is 26.3 Å². The zero-order valence-electron chi connectivity index (χ0n) is 18.5. The Balaban J connectivity index is 2.00. The van der Waals surface area contributed by atoms with E-state index in [4.69, 9.17) is 9.57 Å². The molecule has 1 N–H and O–H groups in total. The summed E-state index contributed by atoms with van der Waals surface area (Å²) < 4.78 is 89.1. The molecule has 1 heterocycles. The fraction of sp³-hybridized carbons (Fsp3) is 0.348. The van der Waals surface area contributed by atoms with Crippen molar-refractivity contribution < 1.29 is 45.4 Å². The number of hydroxylamine groups is 1. The van der Waals surface area contributed by atoms with Gasteiger partial charge in [-0.1, -0.05) is 18.2 Å². The molecule has 0 saturated carbocycles. The van der Waals surface area contributed by atoms with Gasteiger partial charge >= 0.3 is 18.5 Å². The predicted octanol–water partition coefficient (Wildman–Crippen LogP) is 6.18. The Bertz CT molecular complexity index is 1120. The van der Waals surface area contributed by atoms with Crippen LogP contribution in [0, 0.1) is 6.92 Å². The van der Waals surface area contributed by atoms with E-state index < -0.39 is 41.0 Å². The van der Waals surface area contributed by atoms with Crippen molar-refractivity contribution >= 4 is 11.7 Å². The first-order valence-electron chi connectivity index (χ1n) is 9.95. The van der Waals surface area contributed by atoms with Crippen molar-refractivity contribution in [3.05, 3.63) is 70.8 Å². The number of carbonyl (C=O) groups excluding carboxylic acids is 1. The second kappa shape index (κ2) is 8.53. The summed E-state index contributed by atoms with van der Waals surface area (Å²) in [6, 6.07) is 7.76. The van der Waals surface area contributed by atoms with Gasteiger partial charge < -0.3 is 9.47 Å². The molecule has 0 bridgehead atoms. The summed E-state index contributed by atoms with van der Waals surface area (Å²) in [7, 11) is 0. The Kier molecular flexibility index (Phi) is 6.38. The summed E-state index contributed by atoms with van der Waals surface area (Å²) in [6.45, 7) is 6.69. The monoisotopic (exact) mass is 489 g/mol. The molecule has 0 amide bonds. The van der Waals surface area contributed by atoms with Crippen LogP contribution < -0.4 is 10.2 Å². The van der Waals surface area contributed by atoms with E-state index in [1.807, 2.05) is 0 Å². The molecule has 1 aliphatic rings. The van der Waals surface area contributed by atoms with Crippen molar-refractivity contribution in [1.29, 1.82) is 0 Å². The molecule has 0 aliphatic carbocycles. The largest absolute Gasteiger partial charge is 0.573 e. The number of ether oxygens (including phenoxy) is 2. The van der Waals surface area contributed by atoms with Crippen LogP contribution in [0.1, 0.15) is 47.8 Å².